The second-order valence-electron chi connectivity index (χ2n) is 5.88. The normalized spacial score (nSPS) is 13.3. The molecule has 5 heteroatoms. The second kappa shape index (κ2) is 7.25. The van der Waals surface area contributed by atoms with Crippen LogP contribution in [0.1, 0.15) is 23.1 Å². The first-order valence-corrected chi connectivity index (χ1v) is 7.98. The molecule has 1 aliphatic heterocycles. The second-order valence-corrected chi connectivity index (χ2v) is 5.88. The number of amides is 2. The van der Waals surface area contributed by atoms with Crippen LogP contribution in [0.2, 0.25) is 0 Å². The zero-order valence-corrected chi connectivity index (χ0v) is 13.3. The van der Waals surface area contributed by atoms with Crippen molar-refractivity contribution in [1.29, 1.82) is 0 Å². The Balaban J connectivity index is 1.52. The van der Waals surface area contributed by atoms with E-state index in [-0.39, 0.29) is 30.6 Å². The van der Waals surface area contributed by atoms with Crippen molar-refractivity contribution in [1.82, 2.24) is 10.2 Å². The molecule has 0 saturated carbocycles. The van der Waals surface area contributed by atoms with Crippen LogP contribution < -0.4 is 5.32 Å². The van der Waals surface area contributed by atoms with Crippen LogP contribution in [0.5, 0.6) is 0 Å². The lowest BCUT2D eigenvalue weighted by atomic mass is 10.00. The van der Waals surface area contributed by atoms with E-state index in [0.29, 0.717) is 18.7 Å². The lowest BCUT2D eigenvalue weighted by Crippen LogP contribution is -2.38. The molecule has 0 unspecified atom stereocenters. The number of nitrogens with one attached hydrogen (secondary N) is 1. The molecule has 0 spiro atoms. The van der Waals surface area contributed by atoms with Crippen molar-refractivity contribution in [3.63, 3.8) is 0 Å². The number of halogens is 1. The molecule has 2 aromatic rings. The minimum atomic E-state index is -0.387. The molecule has 0 saturated heterocycles. The third-order valence-electron chi connectivity index (χ3n) is 4.23. The van der Waals surface area contributed by atoms with E-state index in [2.05, 4.69) is 11.4 Å². The van der Waals surface area contributed by atoms with Crippen molar-refractivity contribution in [2.45, 2.75) is 25.9 Å². The van der Waals surface area contributed by atoms with Crippen LogP contribution in [-0.4, -0.2) is 23.3 Å². The third kappa shape index (κ3) is 3.79. The lowest BCUT2D eigenvalue weighted by molar-refractivity contribution is -0.136. The van der Waals surface area contributed by atoms with Crippen LogP contribution in [0.15, 0.2) is 48.5 Å². The first-order valence-electron chi connectivity index (χ1n) is 7.98. The smallest absolute Gasteiger partial charge is 0.232 e. The number of fused-ring (bicyclic) bond motifs is 1. The SMILES string of the molecule is O=C(CC(=O)N1CCc2ccccc2C1)NCc1ccccc1F. The monoisotopic (exact) mass is 326 g/mol. The molecule has 3 rings (SSSR count). The molecule has 0 radical (unpaired) electrons. The summed E-state index contributed by atoms with van der Waals surface area (Å²) in [5.74, 6) is -0.950. The Hall–Kier alpha value is -2.69. The number of carbonyl (C=O) groups is 2. The van der Waals surface area contributed by atoms with Crippen molar-refractivity contribution >= 4 is 11.8 Å². The molecule has 1 heterocycles. The molecular formula is C19H19FN2O2. The fraction of sp³-hybridized carbons (Fsp3) is 0.263. The predicted octanol–water partition coefficient (Wildman–Crippen LogP) is 2.42. The van der Waals surface area contributed by atoms with Gasteiger partial charge < -0.3 is 10.2 Å². The largest absolute Gasteiger partial charge is 0.351 e. The molecule has 124 valence electrons. The van der Waals surface area contributed by atoms with E-state index in [9.17, 15) is 14.0 Å². The highest BCUT2D eigenvalue weighted by Crippen LogP contribution is 2.19. The average molecular weight is 326 g/mol. The summed E-state index contributed by atoms with van der Waals surface area (Å²) in [6, 6.07) is 14.3. The van der Waals surface area contributed by atoms with E-state index in [1.807, 2.05) is 18.2 Å². The summed E-state index contributed by atoms with van der Waals surface area (Å²) in [5, 5.41) is 2.60. The summed E-state index contributed by atoms with van der Waals surface area (Å²) < 4.78 is 13.5. The number of nitrogens with zero attached hydrogens (tertiary/aromatic N) is 1. The van der Waals surface area contributed by atoms with Crippen molar-refractivity contribution < 1.29 is 14.0 Å². The molecule has 1 N–H and O–H groups in total. The summed E-state index contributed by atoms with van der Waals surface area (Å²) in [7, 11) is 0. The van der Waals surface area contributed by atoms with Crippen LogP contribution in [0.3, 0.4) is 0 Å². The minimum Gasteiger partial charge on any atom is -0.351 e. The number of hydrogen-bond acceptors (Lipinski definition) is 2. The van der Waals surface area contributed by atoms with Gasteiger partial charge in [-0.2, -0.15) is 0 Å². The van der Waals surface area contributed by atoms with Crippen molar-refractivity contribution in [3.05, 3.63) is 71.0 Å². The van der Waals surface area contributed by atoms with Gasteiger partial charge in [0.25, 0.3) is 0 Å². The molecule has 1 aliphatic rings. The molecule has 0 aromatic heterocycles. The zero-order valence-electron chi connectivity index (χ0n) is 13.3. The van der Waals surface area contributed by atoms with Gasteiger partial charge in [-0.1, -0.05) is 42.5 Å². The maximum Gasteiger partial charge on any atom is 0.232 e. The standard InChI is InChI=1S/C19H19FN2O2/c20-17-8-4-3-6-15(17)12-21-18(23)11-19(24)22-10-9-14-5-1-2-7-16(14)13-22/h1-8H,9-13H2,(H,21,23). The molecule has 2 amide bonds. The van der Waals surface area contributed by atoms with E-state index in [0.717, 1.165) is 12.0 Å². The molecule has 0 bridgehead atoms. The van der Waals surface area contributed by atoms with Gasteiger partial charge in [0.2, 0.25) is 11.8 Å². The van der Waals surface area contributed by atoms with Gasteiger partial charge in [0.15, 0.2) is 0 Å². The molecule has 4 nitrogen and oxygen atoms in total. The number of hydrogen-bond donors (Lipinski definition) is 1. The molecule has 2 aromatic carbocycles. The highest BCUT2D eigenvalue weighted by molar-refractivity contribution is 5.96. The minimum absolute atomic E-state index is 0.0849. The quantitative estimate of drug-likeness (QED) is 0.877. The van der Waals surface area contributed by atoms with Gasteiger partial charge in [-0.15, -0.1) is 0 Å². The first-order chi connectivity index (χ1) is 11.6. The Kier molecular flexibility index (Phi) is 4.89. The molecular weight excluding hydrogens is 307 g/mol. The van der Waals surface area contributed by atoms with Gasteiger partial charge in [0, 0.05) is 25.2 Å². The Labute approximate surface area is 140 Å². The van der Waals surface area contributed by atoms with Crippen molar-refractivity contribution in [2.75, 3.05) is 6.54 Å². The van der Waals surface area contributed by atoms with Gasteiger partial charge in [0.05, 0.1) is 0 Å². The zero-order chi connectivity index (χ0) is 16.9. The van der Waals surface area contributed by atoms with Crippen molar-refractivity contribution in [3.8, 4) is 0 Å². The van der Waals surface area contributed by atoms with E-state index in [4.69, 9.17) is 0 Å². The van der Waals surface area contributed by atoms with Gasteiger partial charge >= 0.3 is 0 Å². The first kappa shape index (κ1) is 16.2. The van der Waals surface area contributed by atoms with Crippen LogP contribution >= 0.6 is 0 Å². The Morgan fingerprint density at radius 1 is 1.04 bits per heavy atom. The van der Waals surface area contributed by atoms with Gasteiger partial charge in [0.1, 0.15) is 12.2 Å². The maximum absolute atomic E-state index is 13.5. The summed E-state index contributed by atoms with van der Waals surface area (Å²) in [4.78, 5) is 25.9. The van der Waals surface area contributed by atoms with Gasteiger partial charge in [-0.05, 0) is 23.6 Å². The number of carbonyl (C=O) groups excluding carboxylic acids is 2. The van der Waals surface area contributed by atoms with Gasteiger partial charge in [-0.3, -0.25) is 9.59 Å². The topological polar surface area (TPSA) is 49.4 Å². The van der Waals surface area contributed by atoms with E-state index in [1.54, 1.807) is 23.1 Å². The highest BCUT2D eigenvalue weighted by Gasteiger charge is 2.22. The van der Waals surface area contributed by atoms with E-state index < -0.39 is 0 Å². The number of benzene rings is 2. The fourth-order valence-corrected chi connectivity index (χ4v) is 2.86. The highest BCUT2D eigenvalue weighted by atomic mass is 19.1. The Bertz CT molecular complexity index is 761. The fourth-order valence-electron chi connectivity index (χ4n) is 2.86. The summed E-state index contributed by atoms with van der Waals surface area (Å²) in [6.07, 6.45) is 0.593. The predicted molar refractivity (Wildman–Crippen MR) is 88.4 cm³/mol. The lowest BCUT2D eigenvalue weighted by Gasteiger charge is -2.28. The molecule has 0 atom stereocenters. The number of rotatable bonds is 4. The average Bonchev–Trinajstić information content (AvgIpc) is 2.60. The maximum atomic E-state index is 13.5. The summed E-state index contributed by atoms with van der Waals surface area (Å²) >= 11 is 0. The van der Waals surface area contributed by atoms with Crippen LogP contribution in [0.25, 0.3) is 0 Å². The molecule has 24 heavy (non-hydrogen) atoms. The van der Waals surface area contributed by atoms with Gasteiger partial charge in [-0.25, -0.2) is 4.39 Å². The Morgan fingerprint density at radius 2 is 1.75 bits per heavy atom. The van der Waals surface area contributed by atoms with Crippen LogP contribution in [0.4, 0.5) is 4.39 Å². The van der Waals surface area contributed by atoms with Crippen LogP contribution in [0, 0.1) is 5.82 Å². The Morgan fingerprint density at radius 3 is 2.54 bits per heavy atom. The molecule has 0 aliphatic carbocycles. The summed E-state index contributed by atoms with van der Waals surface area (Å²) in [5.41, 5.74) is 2.79. The third-order valence-corrected chi connectivity index (χ3v) is 4.23. The van der Waals surface area contributed by atoms with Crippen LogP contribution in [-0.2, 0) is 29.1 Å². The van der Waals surface area contributed by atoms with E-state index >= 15 is 0 Å². The molecule has 0 fully saturated rings. The summed E-state index contributed by atoms with van der Waals surface area (Å²) in [6.45, 7) is 1.24. The van der Waals surface area contributed by atoms with E-state index in [1.165, 1.54) is 11.6 Å². The van der Waals surface area contributed by atoms with Crippen molar-refractivity contribution in [2.24, 2.45) is 0 Å².